The minimum Gasteiger partial charge on any atom is -0.319 e. The molecule has 0 radical (unpaired) electrons. The summed E-state index contributed by atoms with van der Waals surface area (Å²) in [6.45, 7) is 4.85. The maximum absolute atomic E-state index is 13.0. The Balaban J connectivity index is 1.46. The predicted octanol–water partition coefficient (Wildman–Crippen LogP) is 3.98. The molecule has 10 heteroatoms. The van der Waals surface area contributed by atoms with Gasteiger partial charge in [-0.25, -0.2) is 0 Å². The summed E-state index contributed by atoms with van der Waals surface area (Å²) < 4.78 is 1.47. The zero-order valence-electron chi connectivity index (χ0n) is 19.0. The number of halogens is 2. The summed E-state index contributed by atoms with van der Waals surface area (Å²) in [5, 5.41) is 10.5. The lowest BCUT2D eigenvalue weighted by atomic mass is 10.1. The first-order chi connectivity index (χ1) is 16.3. The van der Waals surface area contributed by atoms with Crippen LogP contribution in [0.3, 0.4) is 0 Å². The van der Waals surface area contributed by atoms with Crippen molar-refractivity contribution in [1.29, 1.82) is 0 Å². The zero-order valence-corrected chi connectivity index (χ0v) is 20.5. The van der Waals surface area contributed by atoms with Crippen LogP contribution in [0.25, 0.3) is 0 Å². The van der Waals surface area contributed by atoms with Crippen molar-refractivity contribution in [3.05, 3.63) is 75.5 Å². The van der Waals surface area contributed by atoms with Crippen LogP contribution in [0.2, 0.25) is 10.0 Å². The van der Waals surface area contributed by atoms with E-state index in [4.69, 9.17) is 23.2 Å². The second kappa shape index (κ2) is 10.6. The Morgan fingerprint density at radius 2 is 1.68 bits per heavy atom. The number of nitrogens with zero attached hydrogens (tertiary/aromatic N) is 4. The first-order valence-electron chi connectivity index (χ1n) is 10.9. The lowest BCUT2D eigenvalue weighted by Gasteiger charge is -2.32. The fourth-order valence-corrected chi connectivity index (χ4v) is 4.13. The average Bonchev–Trinajstić information content (AvgIpc) is 3.18. The lowest BCUT2D eigenvalue weighted by molar-refractivity contribution is 0.102. The van der Waals surface area contributed by atoms with Crippen LogP contribution >= 0.6 is 23.2 Å². The molecule has 3 aromatic rings. The summed E-state index contributed by atoms with van der Waals surface area (Å²) in [5.41, 5.74) is 2.31. The molecule has 2 amide bonds. The average molecular weight is 501 g/mol. The van der Waals surface area contributed by atoms with Crippen molar-refractivity contribution in [2.75, 3.05) is 43.9 Å². The molecule has 2 heterocycles. The fourth-order valence-electron chi connectivity index (χ4n) is 3.79. The molecule has 1 aliphatic heterocycles. The van der Waals surface area contributed by atoms with Crippen molar-refractivity contribution in [3.63, 3.8) is 0 Å². The lowest BCUT2D eigenvalue weighted by Crippen LogP contribution is -2.43. The number of aryl methyl sites for hydroxylation is 1. The molecule has 1 aliphatic rings. The van der Waals surface area contributed by atoms with Crippen LogP contribution in [0.1, 0.15) is 26.4 Å². The van der Waals surface area contributed by atoms with E-state index < -0.39 is 5.91 Å². The van der Waals surface area contributed by atoms with Gasteiger partial charge in [0.25, 0.3) is 11.8 Å². The molecule has 1 fully saturated rings. The summed E-state index contributed by atoms with van der Waals surface area (Å²) in [7, 11) is 3.80. The first kappa shape index (κ1) is 24.2. The van der Waals surface area contributed by atoms with Crippen molar-refractivity contribution in [2.24, 2.45) is 7.05 Å². The van der Waals surface area contributed by atoms with Crippen LogP contribution in [0, 0.1) is 0 Å². The normalized spacial score (nSPS) is 14.7. The molecule has 4 rings (SSSR count). The van der Waals surface area contributed by atoms with Crippen molar-refractivity contribution in [1.82, 2.24) is 19.6 Å². The van der Waals surface area contributed by atoms with Gasteiger partial charge in [-0.15, -0.1) is 0 Å². The Morgan fingerprint density at radius 1 is 0.941 bits per heavy atom. The number of anilines is 2. The Kier molecular flexibility index (Phi) is 7.53. The number of carbonyl (C=O) groups is 2. The van der Waals surface area contributed by atoms with Crippen molar-refractivity contribution >= 4 is 46.4 Å². The standard InChI is InChI=1S/C24H26Cl2N6O2/c1-30-8-10-32(11-9-30)14-16-4-3-5-17(12-16)23(33)28-21-15-31(2)29-22(21)24(34)27-20-13-18(25)6-7-19(20)26/h3-7,12-13,15H,8-11,14H2,1-2H3,(H,27,34)(H,28,33). The van der Waals surface area contributed by atoms with Gasteiger partial charge in [0.2, 0.25) is 0 Å². The van der Waals surface area contributed by atoms with Gasteiger partial charge in [0.1, 0.15) is 0 Å². The van der Waals surface area contributed by atoms with E-state index in [0.29, 0.717) is 27.0 Å². The molecule has 0 aliphatic carbocycles. The molecule has 0 saturated carbocycles. The van der Waals surface area contributed by atoms with Crippen LogP contribution in [0.4, 0.5) is 11.4 Å². The molecule has 0 unspecified atom stereocenters. The summed E-state index contributed by atoms with van der Waals surface area (Å²) in [5.74, 6) is -0.827. The van der Waals surface area contributed by atoms with Gasteiger partial charge in [0.05, 0.1) is 16.4 Å². The topological polar surface area (TPSA) is 82.5 Å². The Bertz CT molecular complexity index is 1200. The molecule has 8 nitrogen and oxygen atoms in total. The minimum absolute atomic E-state index is 0.0699. The van der Waals surface area contributed by atoms with E-state index in [0.717, 1.165) is 38.3 Å². The smallest absolute Gasteiger partial charge is 0.278 e. The third kappa shape index (κ3) is 5.95. The molecule has 2 aromatic carbocycles. The van der Waals surface area contributed by atoms with Gasteiger partial charge in [-0.05, 0) is 42.9 Å². The molecule has 34 heavy (non-hydrogen) atoms. The van der Waals surface area contributed by atoms with Crippen LogP contribution in [-0.2, 0) is 13.6 Å². The molecule has 1 saturated heterocycles. The fraction of sp³-hybridized carbons (Fsp3) is 0.292. The minimum atomic E-state index is -0.510. The number of benzene rings is 2. The van der Waals surface area contributed by atoms with E-state index in [2.05, 4.69) is 32.6 Å². The quantitative estimate of drug-likeness (QED) is 0.534. The summed E-state index contributed by atoms with van der Waals surface area (Å²) >= 11 is 12.2. The zero-order chi connectivity index (χ0) is 24.2. The maximum atomic E-state index is 13.0. The largest absolute Gasteiger partial charge is 0.319 e. The molecular formula is C24H26Cl2N6O2. The van der Waals surface area contributed by atoms with E-state index >= 15 is 0 Å². The third-order valence-corrected chi connectivity index (χ3v) is 6.22. The third-order valence-electron chi connectivity index (χ3n) is 5.66. The number of piperazine rings is 1. The Morgan fingerprint density at radius 3 is 2.44 bits per heavy atom. The molecule has 178 valence electrons. The SMILES string of the molecule is CN1CCN(Cc2cccc(C(=O)Nc3cn(C)nc3C(=O)Nc3cc(Cl)ccc3Cl)c2)CC1. The first-order valence-corrected chi connectivity index (χ1v) is 11.7. The van der Waals surface area contributed by atoms with Gasteiger partial charge in [0.15, 0.2) is 5.69 Å². The number of hydrogen-bond donors (Lipinski definition) is 2. The molecule has 1 aromatic heterocycles. The molecule has 0 spiro atoms. The van der Waals surface area contributed by atoms with E-state index in [1.807, 2.05) is 18.2 Å². The highest BCUT2D eigenvalue weighted by Gasteiger charge is 2.20. The van der Waals surface area contributed by atoms with Crippen LogP contribution in [0.5, 0.6) is 0 Å². The van der Waals surface area contributed by atoms with Crippen LogP contribution in [-0.4, -0.2) is 64.6 Å². The maximum Gasteiger partial charge on any atom is 0.278 e. The summed E-state index contributed by atoms with van der Waals surface area (Å²) in [4.78, 5) is 30.6. The van der Waals surface area contributed by atoms with E-state index in [9.17, 15) is 9.59 Å². The summed E-state index contributed by atoms with van der Waals surface area (Å²) in [6.07, 6.45) is 1.58. The van der Waals surface area contributed by atoms with Crippen LogP contribution < -0.4 is 10.6 Å². The highest BCUT2D eigenvalue weighted by atomic mass is 35.5. The number of carbonyl (C=O) groups excluding carboxylic acids is 2. The Hall–Kier alpha value is -2.91. The van der Waals surface area contributed by atoms with E-state index in [1.165, 1.54) is 4.68 Å². The number of hydrogen-bond acceptors (Lipinski definition) is 5. The number of amides is 2. The number of nitrogens with one attached hydrogen (secondary N) is 2. The van der Waals surface area contributed by atoms with Gasteiger partial charge in [-0.3, -0.25) is 19.2 Å². The van der Waals surface area contributed by atoms with Crippen molar-refractivity contribution < 1.29 is 9.59 Å². The molecule has 0 bridgehead atoms. The Labute approximate surface area is 208 Å². The second-order valence-corrected chi connectivity index (χ2v) is 9.22. The van der Waals surface area contributed by atoms with E-state index in [1.54, 1.807) is 37.5 Å². The van der Waals surface area contributed by atoms with Crippen LogP contribution in [0.15, 0.2) is 48.7 Å². The molecular weight excluding hydrogens is 475 g/mol. The molecule has 0 atom stereocenters. The number of aromatic nitrogens is 2. The monoisotopic (exact) mass is 500 g/mol. The van der Waals surface area contributed by atoms with Gasteiger partial charge in [-0.2, -0.15) is 5.10 Å². The molecule has 2 N–H and O–H groups in total. The van der Waals surface area contributed by atoms with E-state index in [-0.39, 0.29) is 11.6 Å². The van der Waals surface area contributed by atoms with Crippen molar-refractivity contribution in [2.45, 2.75) is 6.54 Å². The van der Waals surface area contributed by atoms with Crippen molar-refractivity contribution in [3.8, 4) is 0 Å². The van der Waals surface area contributed by atoms with Gasteiger partial charge in [0, 0.05) is 56.6 Å². The summed E-state index contributed by atoms with van der Waals surface area (Å²) in [6, 6.07) is 12.3. The van der Waals surface area contributed by atoms with Gasteiger partial charge in [-0.1, -0.05) is 35.3 Å². The van der Waals surface area contributed by atoms with Gasteiger partial charge >= 0.3 is 0 Å². The predicted molar refractivity (Wildman–Crippen MR) is 135 cm³/mol. The number of likely N-dealkylation sites (N-methyl/N-ethyl adjacent to an activating group) is 1. The highest BCUT2D eigenvalue weighted by Crippen LogP contribution is 2.26. The second-order valence-electron chi connectivity index (χ2n) is 8.38. The highest BCUT2D eigenvalue weighted by molar-refractivity contribution is 6.36. The number of rotatable bonds is 6. The van der Waals surface area contributed by atoms with Gasteiger partial charge < -0.3 is 15.5 Å².